The van der Waals surface area contributed by atoms with Crippen LogP contribution in [0, 0.1) is 0 Å². The van der Waals surface area contributed by atoms with Gasteiger partial charge in [0, 0.05) is 6.08 Å². The van der Waals surface area contributed by atoms with E-state index in [2.05, 4.69) is 11.5 Å². The molecule has 0 aliphatic rings. The van der Waals surface area contributed by atoms with Gasteiger partial charge in [0.2, 0.25) is 0 Å². The molecule has 1 aromatic rings. The van der Waals surface area contributed by atoms with E-state index in [4.69, 9.17) is 14.7 Å². The lowest BCUT2D eigenvalue weighted by Crippen LogP contribution is -2.02. The van der Waals surface area contributed by atoms with Crippen LogP contribution in [0.25, 0.3) is 0 Å². The molecule has 0 saturated carbocycles. The second kappa shape index (κ2) is 9.86. The summed E-state index contributed by atoms with van der Waals surface area (Å²) in [6.07, 6.45) is 4.96. The van der Waals surface area contributed by atoms with Gasteiger partial charge in [0.1, 0.15) is 5.75 Å². The molecular weight excluding hydrogens is 260 g/mol. The van der Waals surface area contributed by atoms with E-state index in [0.717, 1.165) is 31.4 Å². The van der Waals surface area contributed by atoms with Crippen LogP contribution in [0.15, 0.2) is 36.9 Å². The third kappa shape index (κ3) is 6.80. The van der Waals surface area contributed by atoms with E-state index in [1.807, 2.05) is 0 Å². The predicted molar refractivity (Wildman–Crippen MR) is 74.8 cm³/mol. The molecule has 0 unspecified atom stereocenters. The molecule has 0 atom stereocenters. The Balaban J connectivity index is 1.99. The van der Waals surface area contributed by atoms with Crippen molar-refractivity contribution >= 4 is 5.97 Å². The Morgan fingerprint density at radius 1 is 1.05 bits per heavy atom. The van der Waals surface area contributed by atoms with Gasteiger partial charge in [0.25, 0.3) is 0 Å². The number of carbonyl (C=O) groups is 1. The summed E-state index contributed by atoms with van der Waals surface area (Å²) in [7, 11) is 0. The van der Waals surface area contributed by atoms with Crippen LogP contribution in [0.2, 0.25) is 0 Å². The van der Waals surface area contributed by atoms with Crippen LogP contribution in [0.1, 0.15) is 25.7 Å². The fraction of sp³-hybridized carbons (Fsp3) is 0.400. The minimum absolute atomic E-state index is 0.372. The number of hydrogen-bond donors (Lipinski definition) is 1. The van der Waals surface area contributed by atoms with Crippen molar-refractivity contribution in [2.45, 2.75) is 25.7 Å². The molecule has 0 spiro atoms. The van der Waals surface area contributed by atoms with Gasteiger partial charge in [-0.25, -0.2) is 10.1 Å². The zero-order chi connectivity index (χ0) is 14.6. The molecular formula is C15H20O5. The van der Waals surface area contributed by atoms with Gasteiger partial charge in [-0.1, -0.05) is 6.58 Å². The highest BCUT2D eigenvalue weighted by Crippen LogP contribution is 2.17. The largest absolute Gasteiger partial charge is 0.494 e. The number of esters is 1. The Morgan fingerprint density at radius 2 is 1.65 bits per heavy atom. The van der Waals surface area contributed by atoms with E-state index < -0.39 is 0 Å². The van der Waals surface area contributed by atoms with Crippen molar-refractivity contribution in [1.82, 2.24) is 0 Å². The standard InChI is InChI=1S/C15H20O5/c1-2-15(16)19-12-6-4-3-5-11-18-13-7-9-14(20-17)10-8-13/h2,7-10,17H,1,3-6,11-12H2. The van der Waals surface area contributed by atoms with Crippen LogP contribution in [0.3, 0.4) is 0 Å². The van der Waals surface area contributed by atoms with Gasteiger partial charge in [-0.15, -0.1) is 0 Å². The van der Waals surface area contributed by atoms with Crippen LogP contribution in [-0.4, -0.2) is 24.4 Å². The molecule has 0 aromatic heterocycles. The molecule has 5 heteroatoms. The average Bonchev–Trinajstić information content (AvgIpc) is 2.50. The molecule has 110 valence electrons. The molecule has 20 heavy (non-hydrogen) atoms. The predicted octanol–water partition coefficient (Wildman–Crippen LogP) is 3.21. The minimum atomic E-state index is -0.372. The summed E-state index contributed by atoms with van der Waals surface area (Å²) in [5.74, 6) is 0.751. The zero-order valence-electron chi connectivity index (χ0n) is 11.4. The van der Waals surface area contributed by atoms with Crippen LogP contribution in [0.4, 0.5) is 0 Å². The second-order valence-electron chi connectivity index (χ2n) is 4.20. The number of hydrogen-bond acceptors (Lipinski definition) is 5. The van der Waals surface area contributed by atoms with Crippen molar-refractivity contribution in [1.29, 1.82) is 0 Å². The van der Waals surface area contributed by atoms with Gasteiger partial charge in [-0.05, 0) is 49.9 Å². The molecule has 0 aliphatic heterocycles. The van der Waals surface area contributed by atoms with E-state index in [-0.39, 0.29) is 5.97 Å². The van der Waals surface area contributed by atoms with Gasteiger partial charge in [0.05, 0.1) is 13.2 Å². The third-order valence-electron chi connectivity index (χ3n) is 2.65. The monoisotopic (exact) mass is 280 g/mol. The lowest BCUT2D eigenvalue weighted by atomic mass is 10.2. The van der Waals surface area contributed by atoms with Crippen molar-refractivity contribution in [3.8, 4) is 11.5 Å². The first kappa shape index (κ1) is 16.0. The first-order valence-electron chi connectivity index (χ1n) is 6.59. The normalized spacial score (nSPS) is 9.85. The summed E-state index contributed by atoms with van der Waals surface area (Å²) < 4.78 is 10.4. The summed E-state index contributed by atoms with van der Waals surface area (Å²) in [4.78, 5) is 14.8. The Labute approximate surface area is 118 Å². The molecule has 0 amide bonds. The number of carbonyl (C=O) groups excluding carboxylic acids is 1. The van der Waals surface area contributed by atoms with Crippen LogP contribution >= 0.6 is 0 Å². The maximum Gasteiger partial charge on any atom is 0.330 e. The van der Waals surface area contributed by atoms with E-state index >= 15 is 0 Å². The maximum atomic E-state index is 10.8. The quantitative estimate of drug-likeness (QED) is 0.234. The highest BCUT2D eigenvalue weighted by molar-refractivity contribution is 5.81. The molecule has 1 rings (SSSR count). The van der Waals surface area contributed by atoms with Gasteiger partial charge in [-0.2, -0.15) is 0 Å². The second-order valence-corrected chi connectivity index (χ2v) is 4.20. The Bertz CT molecular complexity index is 399. The average molecular weight is 280 g/mol. The Morgan fingerprint density at radius 3 is 2.25 bits per heavy atom. The van der Waals surface area contributed by atoms with Crippen molar-refractivity contribution in [3.63, 3.8) is 0 Å². The van der Waals surface area contributed by atoms with Crippen molar-refractivity contribution in [2.75, 3.05) is 13.2 Å². The van der Waals surface area contributed by atoms with Crippen molar-refractivity contribution in [3.05, 3.63) is 36.9 Å². The summed E-state index contributed by atoms with van der Waals surface area (Å²) in [5.41, 5.74) is 0. The number of rotatable bonds is 10. The van der Waals surface area contributed by atoms with Gasteiger partial charge < -0.3 is 14.4 Å². The molecule has 0 fully saturated rings. The van der Waals surface area contributed by atoms with E-state index in [9.17, 15) is 4.79 Å². The lowest BCUT2D eigenvalue weighted by molar-refractivity contribution is -0.137. The van der Waals surface area contributed by atoms with Gasteiger partial charge >= 0.3 is 5.97 Å². The fourth-order valence-corrected chi connectivity index (χ4v) is 1.58. The van der Waals surface area contributed by atoms with Crippen LogP contribution in [0.5, 0.6) is 11.5 Å². The smallest absolute Gasteiger partial charge is 0.330 e. The topological polar surface area (TPSA) is 65.0 Å². The van der Waals surface area contributed by atoms with Gasteiger partial charge in [0.15, 0.2) is 5.75 Å². The first-order valence-corrected chi connectivity index (χ1v) is 6.59. The molecule has 1 aromatic carbocycles. The van der Waals surface area contributed by atoms with E-state index in [0.29, 0.717) is 19.0 Å². The summed E-state index contributed by atoms with van der Waals surface area (Å²) in [6, 6.07) is 6.73. The molecule has 5 nitrogen and oxygen atoms in total. The molecule has 1 N–H and O–H groups in total. The number of unbranched alkanes of at least 4 members (excludes halogenated alkanes) is 3. The van der Waals surface area contributed by atoms with Crippen LogP contribution in [-0.2, 0) is 9.53 Å². The Hall–Kier alpha value is -2.01. The molecule has 0 saturated heterocycles. The maximum absolute atomic E-state index is 10.8. The van der Waals surface area contributed by atoms with Crippen LogP contribution < -0.4 is 9.62 Å². The van der Waals surface area contributed by atoms with Crippen molar-refractivity contribution in [2.24, 2.45) is 0 Å². The molecule has 0 aliphatic carbocycles. The fourth-order valence-electron chi connectivity index (χ4n) is 1.58. The number of ether oxygens (including phenoxy) is 2. The lowest BCUT2D eigenvalue weighted by Gasteiger charge is -2.06. The highest BCUT2D eigenvalue weighted by Gasteiger charge is 1.97. The highest BCUT2D eigenvalue weighted by atomic mass is 17.1. The molecule has 0 bridgehead atoms. The summed E-state index contributed by atoms with van der Waals surface area (Å²) in [6.45, 7) is 4.40. The van der Waals surface area contributed by atoms with E-state index in [1.165, 1.54) is 6.08 Å². The Kier molecular flexibility index (Phi) is 7.91. The first-order chi connectivity index (χ1) is 9.76. The minimum Gasteiger partial charge on any atom is -0.494 e. The summed E-state index contributed by atoms with van der Waals surface area (Å²) >= 11 is 0. The zero-order valence-corrected chi connectivity index (χ0v) is 11.4. The molecule has 0 heterocycles. The van der Waals surface area contributed by atoms with E-state index in [1.54, 1.807) is 24.3 Å². The third-order valence-corrected chi connectivity index (χ3v) is 2.65. The SMILES string of the molecule is C=CC(=O)OCCCCCCOc1ccc(OO)cc1. The van der Waals surface area contributed by atoms with Crippen molar-refractivity contribution < 1.29 is 24.4 Å². The van der Waals surface area contributed by atoms with Gasteiger partial charge in [-0.3, -0.25) is 0 Å². The summed E-state index contributed by atoms with van der Waals surface area (Å²) in [5, 5.41) is 8.42. The molecule has 0 radical (unpaired) electrons. The number of benzene rings is 1.